The first-order valence-electron chi connectivity index (χ1n) is 5.32. The molecule has 0 aromatic heterocycles. The molecule has 0 bridgehead atoms. The van der Waals surface area contributed by atoms with Crippen molar-refractivity contribution >= 4 is 11.9 Å². The summed E-state index contributed by atoms with van der Waals surface area (Å²) in [5, 5.41) is 9.04. The largest absolute Gasteiger partial charge is 0.480 e. The Bertz CT molecular complexity index is 306. The van der Waals surface area contributed by atoms with Gasteiger partial charge >= 0.3 is 5.97 Å². The van der Waals surface area contributed by atoms with E-state index in [-0.39, 0.29) is 24.7 Å². The first-order chi connectivity index (χ1) is 7.61. The molecule has 0 saturated carbocycles. The molecule has 16 heavy (non-hydrogen) atoms. The van der Waals surface area contributed by atoms with Crippen molar-refractivity contribution in [2.24, 2.45) is 0 Å². The van der Waals surface area contributed by atoms with Crippen molar-refractivity contribution in [3.63, 3.8) is 0 Å². The van der Waals surface area contributed by atoms with Crippen molar-refractivity contribution in [1.29, 1.82) is 0 Å². The zero-order chi connectivity index (χ0) is 11.7. The Morgan fingerprint density at radius 2 is 2.12 bits per heavy atom. The van der Waals surface area contributed by atoms with Crippen LogP contribution < -0.4 is 0 Å². The highest BCUT2D eigenvalue weighted by atomic mass is 16.5. The van der Waals surface area contributed by atoms with Gasteiger partial charge in [-0.25, -0.2) is 4.79 Å². The Morgan fingerprint density at radius 3 is 2.75 bits per heavy atom. The number of hydrogen-bond acceptors (Lipinski definition) is 4. The molecule has 1 unspecified atom stereocenters. The van der Waals surface area contributed by atoms with Gasteiger partial charge in [0, 0.05) is 13.5 Å². The number of aliphatic carboxylic acids is 1. The van der Waals surface area contributed by atoms with E-state index in [4.69, 9.17) is 14.6 Å². The monoisotopic (exact) mass is 229 g/mol. The SMILES string of the molecule is CC(=O)N1C(C(=O)O)CO[C@@H]2COCC[C@@H]21. The molecule has 0 aromatic carbocycles. The fourth-order valence-electron chi connectivity index (χ4n) is 2.35. The van der Waals surface area contributed by atoms with Crippen LogP contribution in [0.4, 0.5) is 0 Å². The number of carbonyl (C=O) groups is 2. The zero-order valence-corrected chi connectivity index (χ0v) is 9.09. The molecule has 0 aromatic rings. The number of hydrogen-bond donors (Lipinski definition) is 1. The topological polar surface area (TPSA) is 76.1 Å². The van der Waals surface area contributed by atoms with E-state index < -0.39 is 12.0 Å². The van der Waals surface area contributed by atoms with E-state index in [1.54, 1.807) is 0 Å². The number of carboxylic acids is 1. The molecule has 1 N–H and O–H groups in total. The number of carboxylic acid groups (broad SMARTS) is 1. The lowest BCUT2D eigenvalue weighted by atomic mass is 9.99. The van der Waals surface area contributed by atoms with Crippen molar-refractivity contribution in [1.82, 2.24) is 4.90 Å². The minimum atomic E-state index is -1.01. The molecule has 0 aliphatic carbocycles. The van der Waals surface area contributed by atoms with E-state index in [1.165, 1.54) is 11.8 Å². The maximum Gasteiger partial charge on any atom is 0.328 e. The van der Waals surface area contributed by atoms with Crippen molar-refractivity contribution in [2.45, 2.75) is 31.5 Å². The lowest BCUT2D eigenvalue weighted by Gasteiger charge is -2.46. The summed E-state index contributed by atoms with van der Waals surface area (Å²) in [5.41, 5.74) is 0. The number of rotatable bonds is 1. The first kappa shape index (κ1) is 11.3. The molecular formula is C10H15NO5. The van der Waals surface area contributed by atoms with Crippen LogP contribution in [-0.2, 0) is 19.1 Å². The minimum absolute atomic E-state index is 0.0411. The lowest BCUT2D eigenvalue weighted by molar-refractivity contribution is -0.185. The van der Waals surface area contributed by atoms with Crippen molar-refractivity contribution < 1.29 is 24.2 Å². The van der Waals surface area contributed by atoms with Crippen LogP contribution in [0, 0.1) is 0 Å². The molecule has 2 rings (SSSR count). The predicted octanol–water partition coefficient (Wildman–Crippen LogP) is -0.524. The Hall–Kier alpha value is -1.14. The average Bonchev–Trinajstić information content (AvgIpc) is 2.27. The van der Waals surface area contributed by atoms with Crippen molar-refractivity contribution in [3.8, 4) is 0 Å². The van der Waals surface area contributed by atoms with Crippen LogP contribution in [0.1, 0.15) is 13.3 Å². The Morgan fingerprint density at radius 1 is 1.38 bits per heavy atom. The molecule has 6 nitrogen and oxygen atoms in total. The van der Waals surface area contributed by atoms with Gasteiger partial charge in [-0.15, -0.1) is 0 Å². The van der Waals surface area contributed by atoms with Gasteiger partial charge in [0.15, 0.2) is 6.04 Å². The fourth-order valence-corrected chi connectivity index (χ4v) is 2.35. The standard InChI is InChI=1S/C10H15NO5/c1-6(12)11-7-2-3-15-5-9(7)16-4-8(11)10(13)14/h7-9H,2-5H2,1H3,(H,13,14)/t7-,8?,9+/m0/s1. The van der Waals surface area contributed by atoms with E-state index in [9.17, 15) is 9.59 Å². The van der Waals surface area contributed by atoms with Gasteiger partial charge in [-0.05, 0) is 6.42 Å². The normalized spacial score (nSPS) is 34.3. The second-order valence-corrected chi connectivity index (χ2v) is 4.08. The van der Waals surface area contributed by atoms with Gasteiger partial charge < -0.3 is 19.5 Å². The van der Waals surface area contributed by atoms with Crippen molar-refractivity contribution in [2.75, 3.05) is 19.8 Å². The van der Waals surface area contributed by atoms with Crippen LogP contribution in [0.3, 0.4) is 0 Å². The van der Waals surface area contributed by atoms with Crippen LogP contribution >= 0.6 is 0 Å². The van der Waals surface area contributed by atoms with Gasteiger partial charge in [-0.1, -0.05) is 0 Å². The highest BCUT2D eigenvalue weighted by molar-refractivity contribution is 5.83. The predicted molar refractivity (Wildman–Crippen MR) is 52.9 cm³/mol. The van der Waals surface area contributed by atoms with Crippen LogP contribution in [0.2, 0.25) is 0 Å². The van der Waals surface area contributed by atoms with Crippen LogP contribution in [0.25, 0.3) is 0 Å². The number of amides is 1. The molecular weight excluding hydrogens is 214 g/mol. The van der Waals surface area contributed by atoms with E-state index in [1.807, 2.05) is 0 Å². The Labute approximate surface area is 93.1 Å². The lowest BCUT2D eigenvalue weighted by Crippen LogP contribution is -2.63. The fraction of sp³-hybridized carbons (Fsp3) is 0.800. The summed E-state index contributed by atoms with van der Waals surface area (Å²) in [5.74, 6) is -1.23. The van der Waals surface area contributed by atoms with Gasteiger partial charge in [0.2, 0.25) is 5.91 Å². The van der Waals surface area contributed by atoms with Crippen LogP contribution in [0.5, 0.6) is 0 Å². The summed E-state index contributed by atoms with van der Waals surface area (Å²) in [6, 6.07) is -1.03. The molecule has 90 valence electrons. The number of fused-ring (bicyclic) bond motifs is 1. The molecule has 3 atom stereocenters. The molecule has 2 fully saturated rings. The third-order valence-electron chi connectivity index (χ3n) is 3.08. The molecule has 2 aliphatic rings. The minimum Gasteiger partial charge on any atom is -0.480 e. The second kappa shape index (κ2) is 4.39. The Kier molecular flexibility index (Phi) is 3.11. The highest BCUT2D eigenvalue weighted by Crippen LogP contribution is 2.25. The molecule has 2 heterocycles. The van der Waals surface area contributed by atoms with E-state index in [0.29, 0.717) is 19.6 Å². The number of morpholine rings is 1. The van der Waals surface area contributed by atoms with E-state index in [2.05, 4.69) is 0 Å². The number of ether oxygens (including phenoxy) is 2. The smallest absolute Gasteiger partial charge is 0.328 e. The van der Waals surface area contributed by atoms with Gasteiger partial charge in [-0.3, -0.25) is 4.79 Å². The van der Waals surface area contributed by atoms with Gasteiger partial charge in [0.25, 0.3) is 0 Å². The van der Waals surface area contributed by atoms with E-state index in [0.717, 1.165) is 0 Å². The summed E-state index contributed by atoms with van der Waals surface area (Å²) in [6.45, 7) is 2.41. The van der Waals surface area contributed by atoms with Crippen LogP contribution in [-0.4, -0.2) is 59.9 Å². The molecule has 2 aliphatic heterocycles. The summed E-state index contributed by atoms with van der Waals surface area (Å²) >= 11 is 0. The summed E-state index contributed by atoms with van der Waals surface area (Å²) in [6.07, 6.45) is 0.446. The summed E-state index contributed by atoms with van der Waals surface area (Å²) < 4.78 is 10.7. The summed E-state index contributed by atoms with van der Waals surface area (Å²) in [4.78, 5) is 24.0. The third kappa shape index (κ3) is 1.90. The highest BCUT2D eigenvalue weighted by Gasteiger charge is 2.44. The Balaban J connectivity index is 2.20. The second-order valence-electron chi connectivity index (χ2n) is 4.08. The van der Waals surface area contributed by atoms with Crippen LogP contribution in [0.15, 0.2) is 0 Å². The quantitative estimate of drug-likeness (QED) is 0.654. The maximum atomic E-state index is 11.5. The zero-order valence-electron chi connectivity index (χ0n) is 9.09. The average molecular weight is 229 g/mol. The van der Waals surface area contributed by atoms with Gasteiger partial charge in [-0.2, -0.15) is 0 Å². The number of nitrogens with zero attached hydrogens (tertiary/aromatic N) is 1. The molecule has 0 radical (unpaired) electrons. The van der Waals surface area contributed by atoms with Gasteiger partial charge in [0.05, 0.1) is 19.3 Å². The maximum absolute atomic E-state index is 11.5. The first-order valence-corrected chi connectivity index (χ1v) is 5.32. The van der Waals surface area contributed by atoms with Gasteiger partial charge in [0.1, 0.15) is 6.10 Å². The molecule has 1 amide bonds. The number of carbonyl (C=O) groups excluding carboxylic acids is 1. The summed E-state index contributed by atoms with van der Waals surface area (Å²) in [7, 11) is 0. The third-order valence-corrected chi connectivity index (χ3v) is 3.08. The molecule has 0 spiro atoms. The van der Waals surface area contributed by atoms with E-state index >= 15 is 0 Å². The molecule has 6 heteroatoms. The van der Waals surface area contributed by atoms with Crippen molar-refractivity contribution in [3.05, 3.63) is 0 Å². The molecule has 2 saturated heterocycles.